The third-order valence-electron chi connectivity index (χ3n) is 4.59. The molecule has 0 saturated carbocycles. The molecular weight excluding hydrogens is 422 g/mol. The van der Waals surface area contributed by atoms with E-state index in [4.69, 9.17) is 23.7 Å². The van der Waals surface area contributed by atoms with Gasteiger partial charge in [-0.25, -0.2) is 0 Å². The first-order valence-corrected chi connectivity index (χ1v) is 10.2. The minimum absolute atomic E-state index is 0.232. The van der Waals surface area contributed by atoms with Gasteiger partial charge in [0.2, 0.25) is 5.91 Å². The second-order valence-electron chi connectivity index (χ2n) is 7.33. The third kappa shape index (κ3) is 7.93. The van der Waals surface area contributed by atoms with Crippen molar-refractivity contribution >= 4 is 23.8 Å². The Hall–Kier alpha value is -2.98. The number of rotatable bonds is 9. The molecule has 0 aromatic heterocycles. The molecule has 0 radical (unpaired) electrons. The Morgan fingerprint density at radius 3 is 2.09 bits per heavy atom. The average Bonchev–Trinajstić information content (AvgIpc) is 2.70. The van der Waals surface area contributed by atoms with Crippen LogP contribution in [0.15, 0.2) is 30.3 Å². The summed E-state index contributed by atoms with van der Waals surface area (Å²) in [6.45, 7) is 4.85. The van der Waals surface area contributed by atoms with Crippen LogP contribution in [0, 0.1) is 0 Å². The number of esters is 3. The van der Waals surface area contributed by atoms with Crippen LogP contribution in [0.25, 0.3) is 0 Å². The van der Waals surface area contributed by atoms with Gasteiger partial charge in [0.05, 0.1) is 6.61 Å². The number of carbonyl (C=O) groups excluding carboxylic acids is 4. The van der Waals surface area contributed by atoms with Crippen LogP contribution in [-0.2, 0) is 49.3 Å². The first-order chi connectivity index (χ1) is 15.2. The highest BCUT2D eigenvalue weighted by atomic mass is 16.7. The minimum Gasteiger partial charge on any atom is -0.463 e. The van der Waals surface area contributed by atoms with Gasteiger partial charge in [-0.2, -0.15) is 0 Å². The SMILES string of the molecule is CC(=O)N[C@@H]1[C@@H](OCCc2ccccc2)O[C@@H](COC(C)=O)[C@@H](OC(C)=O)[C@H]1OC(C)=O. The van der Waals surface area contributed by atoms with E-state index >= 15 is 0 Å². The van der Waals surface area contributed by atoms with Crippen molar-refractivity contribution in [2.24, 2.45) is 0 Å². The zero-order valence-electron chi connectivity index (χ0n) is 18.6. The number of nitrogens with one attached hydrogen (secondary N) is 1. The van der Waals surface area contributed by atoms with Crippen molar-refractivity contribution in [2.75, 3.05) is 13.2 Å². The van der Waals surface area contributed by atoms with E-state index in [0.29, 0.717) is 6.42 Å². The van der Waals surface area contributed by atoms with Gasteiger partial charge in [-0.1, -0.05) is 30.3 Å². The molecule has 1 aromatic rings. The summed E-state index contributed by atoms with van der Waals surface area (Å²) in [5.74, 6) is -2.30. The van der Waals surface area contributed by atoms with Crippen LogP contribution < -0.4 is 5.32 Å². The van der Waals surface area contributed by atoms with Gasteiger partial charge in [0, 0.05) is 27.7 Å². The summed E-state index contributed by atoms with van der Waals surface area (Å²) in [5, 5.41) is 2.66. The molecular formula is C22H29NO9. The number of ether oxygens (including phenoxy) is 5. The van der Waals surface area contributed by atoms with Crippen molar-refractivity contribution in [3.63, 3.8) is 0 Å². The Balaban J connectivity index is 2.28. The summed E-state index contributed by atoms with van der Waals surface area (Å²) in [6.07, 6.45) is -3.75. The summed E-state index contributed by atoms with van der Waals surface area (Å²) in [4.78, 5) is 46.7. The summed E-state index contributed by atoms with van der Waals surface area (Å²) in [6, 6.07) is 8.63. The molecule has 1 fully saturated rings. The molecule has 0 bridgehead atoms. The number of carbonyl (C=O) groups is 4. The molecule has 5 atom stereocenters. The zero-order valence-corrected chi connectivity index (χ0v) is 18.6. The number of hydrogen-bond acceptors (Lipinski definition) is 9. The molecule has 1 saturated heterocycles. The highest BCUT2D eigenvalue weighted by Crippen LogP contribution is 2.28. The van der Waals surface area contributed by atoms with E-state index in [2.05, 4.69) is 5.32 Å². The van der Waals surface area contributed by atoms with Crippen LogP contribution in [0.1, 0.15) is 33.3 Å². The molecule has 1 heterocycles. The second kappa shape index (κ2) is 12.2. The van der Waals surface area contributed by atoms with E-state index in [1.165, 1.54) is 27.7 Å². The predicted octanol–water partition coefficient (Wildman–Crippen LogP) is 0.902. The summed E-state index contributed by atoms with van der Waals surface area (Å²) >= 11 is 0. The fraction of sp³-hybridized carbons (Fsp3) is 0.545. The summed E-state index contributed by atoms with van der Waals surface area (Å²) in [7, 11) is 0. The maximum Gasteiger partial charge on any atom is 0.303 e. The van der Waals surface area contributed by atoms with Crippen molar-refractivity contribution in [1.82, 2.24) is 5.32 Å². The lowest BCUT2D eigenvalue weighted by atomic mass is 9.96. The summed E-state index contributed by atoms with van der Waals surface area (Å²) in [5.41, 5.74) is 1.03. The number of benzene rings is 1. The quantitative estimate of drug-likeness (QED) is 0.430. The van der Waals surface area contributed by atoms with Crippen molar-refractivity contribution in [1.29, 1.82) is 0 Å². The van der Waals surface area contributed by atoms with Gasteiger partial charge in [0.25, 0.3) is 0 Å². The van der Waals surface area contributed by atoms with E-state index in [0.717, 1.165) is 5.56 Å². The van der Waals surface area contributed by atoms with E-state index in [9.17, 15) is 19.2 Å². The smallest absolute Gasteiger partial charge is 0.303 e. The predicted molar refractivity (Wildman–Crippen MR) is 110 cm³/mol. The van der Waals surface area contributed by atoms with E-state index in [1.54, 1.807) is 0 Å². The largest absolute Gasteiger partial charge is 0.463 e. The molecule has 10 nitrogen and oxygen atoms in total. The van der Waals surface area contributed by atoms with Crippen molar-refractivity contribution < 1.29 is 42.9 Å². The van der Waals surface area contributed by atoms with E-state index in [1.807, 2.05) is 30.3 Å². The van der Waals surface area contributed by atoms with E-state index < -0.39 is 54.5 Å². The lowest BCUT2D eigenvalue weighted by molar-refractivity contribution is -0.277. The monoisotopic (exact) mass is 451 g/mol. The van der Waals surface area contributed by atoms with Gasteiger partial charge in [-0.3, -0.25) is 19.2 Å². The minimum atomic E-state index is -1.14. The Labute approximate surface area is 186 Å². The van der Waals surface area contributed by atoms with Gasteiger partial charge in [-0.15, -0.1) is 0 Å². The molecule has 1 aliphatic heterocycles. The normalized spacial score (nSPS) is 24.8. The Kier molecular flexibility index (Phi) is 9.61. The molecule has 1 amide bonds. The lowest BCUT2D eigenvalue weighted by Gasteiger charge is -2.44. The van der Waals surface area contributed by atoms with Crippen molar-refractivity contribution in [2.45, 2.75) is 64.8 Å². The molecule has 1 aliphatic rings. The first-order valence-electron chi connectivity index (χ1n) is 10.2. The van der Waals surface area contributed by atoms with Crippen LogP contribution in [0.2, 0.25) is 0 Å². The first kappa shape index (κ1) is 25.3. The van der Waals surface area contributed by atoms with Crippen LogP contribution >= 0.6 is 0 Å². The van der Waals surface area contributed by atoms with Crippen LogP contribution in [-0.4, -0.2) is 67.7 Å². The van der Waals surface area contributed by atoms with E-state index in [-0.39, 0.29) is 13.2 Å². The fourth-order valence-electron chi connectivity index (χ4n) is 3.37. The standard InChI is InChI=1S/C22H29NO9/c1-13(24)23-19-21(31-16(4)27)20(30-15(3)26)18(12-29-14(2)25)32-22(19)28-11-10-17-8-6-5-7-9-17/h5-9,18-22H,10-12H2,1-4H3,(H,23,24)/t18-,19-,20+,21-,22-/m0/s1. The molecule has 10 heteroatoms. The molecule has 1 N–H and O–H groups in total. The molecule has 0 spiro atoms. The third-order valence-corrected chi connectivity index (χ3v) is 4.59. The van der Waals surface area contributed by atoms with Crippen molar-refractivity contribution in [3.05, 3.63) is 35.9 Å². The molecule has 0 unspecified atom stereocenters. The topological polar surface area (TPSA) is 126 Å². The Morgan fingerprint density at radius 2 is 1.53 bits per heavy atom. The van der Waals surface area contributed by atoms with Gasteiger partial charge >= 0.3 is 17.9 Å². The molecule has 32 heavy (non-hydrogen) atoms. The molecule has 1 aromatic carbocycles. The van der Waals surface area contributed by atoms with Gasteiger partial charge in [-0.05, 0) is 12.0 Å². The molecule has 2 rings (SSSR count). The zero-order chi connectivity index (χ0) is 23.7. The Bertz CT molecular complexity index is 798. The van der Waals surface area contributed by atoms with Crippen molar-refractivity contribution in [3.8, 4) is 0 Å². The average molecular weight is 451 g/mol. The summed E-state index contributed by atoms with van der Waals surface area (Å²) < 4.78 is 27.6. The Morgan fingerprint density at radius 1 is 0.906 bits per heavy atom. The van der Waals surface area contributed by atoms with Crippen LogP contribution in [0.5, 0.6) is 0 Å². The second-order valence-corrected chi connectivity index (χ2v) is 7.33. The molecule has 0 aliphatic carbocycles. The fourth-order valence-corrected chi connectivity index (χ4v) is 3.37. The van der Waals surface area contributed by atoms with Gasteiger partial charge in [0.1, 0.15) is 18.8 Å². The number of amides is 1. The number of hydrogen-bond donors (Lipinski definition) is 1. The highest BCUT2D eigenvalue weighted by molar-refractivity contribution is 5.73. The lowest BCUT2D eigenvalue weighted by Crippen LogP contribution is -2.66. The van der Waals surface area contributed by atoms with Crippen LogP contribution in [0.4, 0.5) is 0 Å². The maximum absolute atomic E-state index is 11.9. The van der Waals surface area contributed by atoms with Crippen LogP contribution in [0.3, 0.4) is 0 Å². The van der Waals surface area contributed by atoms with Gasteiger partial charge < -0.3 is 29.0 Å². The molecule has 176 valence electrons. The highest BCUT2D eigenvalue weighted by Gasteiger charge is 2.51. The maximum atomic E-state index is 11.9. The van der Waals surface area contributed by atoms with Gasteiger partial charge in [0.15, 0.2) is 18.5 Å².